The van der Waals surface area contributed by atoms with Crippen molar-refractivity contribution in [2.75, 3.05) is 5.32 Å². The Morgan fingerprint density at radius 1 is 0.933 bits per heavy atom. The number of nitrogens with one attached hydrogen (secondary N) is 2. The van der Waals surface area contributed by atoms with Gasteiger partial charge in [0.05, 0.1) is 6.21 Å². The van der Waals surface area contributed by atoms with Gasteiger partial charge in [0.25, 0.3) is 0 Å². The Labute approximate surface area is 183 Å². The molecule has 6 nitrogen and oxygen atoms in total. The number of hydrogen-bond acceptors (Lipinski definition) is 4. The summed E-state index contributed by atoms with van der Waals surface area (Å²) in [4.78, 5) is 23.7. The number of carbonyl (C=O) groups is 2. The van der Waals surface area contributed by atoms with Crippen LogP contribution >= 0.6 is 15.9 Å². The number of nitrogens with zero attached hydrogens (tertiary/aromatic N) is 1. The number of amides is 2. The van der Waals surface area contributed by atoms with E-state index in [4.69, 9.17) is 4.74 Å². The molecule has 2 amide bonds. The van der Waals surface area contributed by atoms with Gasteiger partial charge in [0.2, 0.25) is 0 Å². The summed E-state index contributed by atoms with van der Waals surface area (Å²) in [6.07, 6.45) is 1.45. The van der Waals surface area contributed by atoms with E-state index >= 15 is 0 Å². The fourth-order valence-electron chi connectivity index (χ4n) is 2.44. The van der Waals surface area contributed by atoms with Crippen molar-refractivity contribution < 1.29 is 14.3 Å². The van der Waals surface area contributed by atoms with Gasteiger partial charge < -0.3 is 10.1 Å². The number of anilines is 1. The Morgan fingerprint density at radius 2 is 1.60 bits per heavy atom. The summed E-state index contributed by atoms with van der Waals surface area (Å²) in [5.74, 6) is -0.924. The van der Waals surface area contributed by atoms with E-state index in [1.54, 1.807) is 24.3 Å². The summed E-state index contributed by atoms with van der Waals surface area (Å²) >= 11 is 3.30. The lowest BCUT2D eigenvalue weighted by Gasteiger charge is -2.07. The molecule has 0 saturated carbocycles. The molecule has 0 radical (unpaired) electrons. The SMILES string of the molecule is Cc1ccc(COc2ccc(/C=N/NC(=O)C(=O)Nc3ccc(Br)cc3)cc2)cc1. The zero-order valence-corrected chi connectivity index (χ0v) is 17.8. The van der Waals surface area contributed by atoms with Crippen LogP contribution in [0.1, 0.15) is 16.7 Å². The van der Waals surface area contributed by atoms with Gasteiger partial charge >= 0.3 is 11.8 Å². The van der Waals surface area contributed by atoms with Gasteiger partial charge in [0.15, 0.2) is 0 Å². The molecule has 0 bridgehead atoms. The van der Waals surface area contributed by atoms with Gasteiger partial charge in [0, 0.05) is 10.2 Å². The first-order valence-electron chi connectivity index (χ1n) is 9.18. The largest absolute Gasteiger partial charge is 0.489 e. The third kappa shape index (κ3) is 6.56. The van der Waals surface area contributed by atoms with Crippen LogP contribution in [0.4, 0.5) is 5.69 Å². The van der Waals surface area contributed by atoms with Gasteiger partial charge in [-0.3, -0.25) is 9.59 Å². The molecule has 3 rings (SSSR count). The first-order valence-corrected chi connectivity index (χ1v) is 9.97. The van der Waals surface area contributed by atoms with Crippen molar-refractivity contribution in [1.82, 2.24) is 5.43 Å². The smallest absolute Gasteiger partial charge is 0.329 e. The summed E-state index contributed by atoms with van der Waals surface area (Å²) in [6, 6.07) is 22.3. The van der Waals surface area contributed by atoms with E-state index in [2.05, 4.69) is 31.8 Å². The van der Waals surface area contributed by atoms with Crippen LogP contribution in [0.3, 0.4) is 0 Å². The maximum absolute atomic E-state index is 11.9. The summed E-state index contributed by atoms with van der Waals surface area (Å²) in [7, 11) is 0. The molecule has 0 aromatic heterocycles. The van der Waals surface area contributed by atoms with Crippen molar-refractivity contribution in [3.63, 3.8) is 0 Å². The minimum atomic E-state index is -0.854. The van der Waals surface area contributed by atoms with E-state index in [1.165, 1.54) is 11.8 Å². The first-order chi connectivity index (χ1) is 14.5. The van der Waals surface area contributed by atoms with E-state index in [0.29, 0.717) is 12.3 Å². The Hall–Kier alpha value is -3.45. The Kier molecular flexibility index (Phi) is 7.34. The normalized spacial score (nSPS) is 10.6. The second kappa shape index (κ2) is 10.4. The fourth-order valence-corrected chi connectivity index (χ4v) is 2.70. The number of aryl methyl sites for hydroxylation is 1. The fraction of sp³-hybridized carbons (Fsp3) is 0.0870. The van der Waals surface area contributed by atoms with Crippen LogP contribution in [-0.4, -0.2) is 18.0 Å². The van der Waals surface area contributed by atoms with Crippen molar-refractivity contribution in [2.45, 2.75) is 13.5 Å². The van der Waals surface area contributed by atoms with Crippen LogP contribution in [0.25, 0.3) is 0 Å². The second-order valence-corrected chi connectivity index (χ2v) is 7.42. The van der Waals surface area contributed by atoms with Crippen molar-refractivity contribution in [1.29, 1.82) is 0 Å². The van der Waals surface area contributed by atoms with Crippen molar-refractivity contribution in [3.8, 4) is 5.75 Å². The van der Waals surface area contributed by atoms with Crippen molar-refractivity contribution in [2.24, 2.45) is 5.10 Å². The molecule has 0 heterocycles. The van der Waals surface area contributed by atoms with E-state index in [1.807, 2.05) is 55.5 Å². The predicted octanol–water partition coefficient (Wildman–Crippen LogP) is 4.43. The molecule has 2 N–H and O–H groups in total. The maximum atomic E-state index is 11.9. The highest BCUT2D eigenvalue weighted by molar-refractivity contribution is 9.10. The standard InChI is InChI=1S/C23H20BrN3O3/c1-16-2-4-18(5-3-16)15-30-21-12-6-17(7-13-21)14-25-27-23(29)22(28)26-20-10-8-19(24)9-11-20/h2-14H,15H2,1H3,(H,26,28)(H,27,29)/b25-14+. The van der Waals surface area contributed by atoms with Gasteiger partial charge in [-0.1, -0.05) is 45.8 Å². The summed E-state index contributed by atoms with van der Waals surface area (Å²) < 4.78 is 6.63. The Morgan fingerprint density at radius 3 is 2.27 bits per heavy atom. The highest BCUT2D eigenvalue weighted by Gasteiger charge is 2.12. The Balaban J connectivity index is 1.46. The minimum Gasteiger partial charge on any atom is -0.489 e. The number of rotatable bonds is 6. The highest BCUT2D eigenvalue weighted by atomic mass is 79.9. The third-order valence-corrected chi connectivity index (χ3v) is 4.62. The molecule has 7 heteroatoms. The number of halogens is 1. The molecule has 0 aliphatic carbocycles. The molecule has 3 aromatic rings. The summed E-state index contributed by atoms with van der Waals surface area (Å²) in [5, 5.41) is 6.31. The molecule has 0 aliphatic heterocycles. The molecule has 0 atom stereocenters. The van der Waals surface area contributed by atoms with Crippen LogP contribution < -0.4 is 15.5 Å². The molecule has 0 unspecified atom stereocenters. The third-order valence-electron chi connectivity index (χ3n) is 4.09. The predicted molar refractivity (Wildman–Crippen MR) is 120 cm³/mol. The van der Waals surface area contributed by atoms with Crippen LogP contribution in [0.5, 0.6) is 5.75 Å². The average Bonchev–Trinajstić information content (AvgIpc) is 2.76. The van der Waals surface area contributed by atoms with E-state index in [9.17, 15) is 9.59 Å². The number of benzene rings is 3. The topological polar surface area (TPSA) is 79.8 Å². The zero-order valence-electron chi connectivity index (χ0n) is 16.3. The molecule has 0 saturated heterocycles. The zero-order chi connectivity index (χ0) is 21.3. The lowest BCUT2D eigenvalue weighted by Crippen LogP contribution is -2.32. The van der Waals surface area contributed by atoms with Gasteiger partial charge in [-0.05, 0) is 66.6 Å². The minimum absolute atomic E-state index is 0.483. The van der Waals surface area contributed by atoms with E-state index in [0.717, 1.165) is 21.3 Å². The number of hydrogen-bond donors (Lipinski definition) is 2. The van der Waals surface area contributed by atoms with Gasteiger partial charge in [-0.2, -0.15) is 5.10 Å². The van der Waals surface area contributed by atoms with Crippen LogP contribution in [-0.2, 0) is 16.2 Å². The summed E-state index contributed by atoms with van der Waals surface area (Å²) in [6.45, 7) is 2.53. The summed E-state index contributed by atoms with van der Waals surface area (Å²) in [5.41, 5.74) is 5.78. The van der Waals surface area contributed by atoms with Crippen molar-refractivity contribution in [3.05, 3.63) is 94.0 Å². The van der Waals surface area contributed by atoms with Gasteiger partial charge in [-0.25, -0.2) is 5.43 Å². The molecule has 30 heavy (non-hydrogen) atoms. The molecule has 3 aromatic carbocycles. The lowest BCUT2D eigenvalue weighted by atomic mass is 10.2. The second-order valence-electron chi connectivity index (χ2n) is 6.50. The van der Waals surface area contributed by atoms with Gasteiger partial charge in [-0.15, -0.1) is 0 Å². The average molecular weight is 466 g/mol. The number of ether oxygens (including phenoxy) is 1. The van der Waals surface area contributed by atoms with E-state index < -0.39 is 11.8 Å². The number of carbonyl (C=O) groups excluding carboxylic acids is 2. The molecule has 152 valence electrons. The molecule has 0 spiro atoms. The van der Waals surface area contributed by atoms with Crippen LogP contribution in [0.15, 0.2) is 82.4 Å². The molecular weight excluding hydrogens is 446 g/mol. The lowest BCUT2D eigenvalue weighted by molar-refractivity contribution is -0.136. The van der Waals surface area contributed by atoms with Gasteiger partial charge in [0.1, 0.15) is 12.4 Å². The van der Waals surface area contributed by atoms with Crippen LogP contribution in [0, 0.1) is 6.92 Å². The Bertz CT molecular complexity index is 1030. The molecular formula is C23H20BrN3O3. The quantitative estimate of drug-likeness (QED) is 0.321. The molecule has 0 fully saturated rings. The maximum Gasteiger partial charge on any atom is 0.329 e. The van der Waals surface area contributed by atoms with Crippen LogP contribution in [0.2, 0.25) is 0 Å². The monoisotopic (exact) mass is 465 g/mol. The first kappa shape index (κ1) is 21.3. The number of hydrazone groups is 1. The van der Waals surface area contributed by atoms with E-state index in [-0.39, 0.29) is 0 Å². The highest BCUT2D eigenvalue weighted by Crippen LogP contribution is 2.15. The van der Waals surface area contributed by atoms with Crippen molar-refractivity contribution >= 4 is 39.6 Å². The molecule has 0 aliphatic rings.